The lowest BCUT2D eigenvalue weighted by atomic mass is 10.1. The number of aromatic nitrogens is 1. The molecule has 106 valence electrons. The van der Waals surface area contributed by atoms with E-state index in [-0.39, 0.29) is 11.6 Å². The molecule has 0 atom stereocenters. The second-order valence-electron chi connectivity index (χ2n) is 4.66. The molecule has 2 rings (SSSR count). The minimum atomic E-state index is -0.0824. The fraction of sp³-hybridized carbons (Fsp3) is 0.188. The second kappa shape index (κ2) is 6.87. The number of rotatable bonds is 4. The number of halogens is 1. The molecule has 2 aromatic rings. The number of carbonyl (C=O) groups excluding carboxylic acids is 1. The van der Waals surface area contributed by atoms with Crippen LogP contribution in [0.5, 0.6) is 0 Å². The van der Waals surface area contributed by atoms with Gasteiger partial charge in [0.15, 0.2) is 5.69 Å². The van der Waals surface area contributed by atoms with Crippen LogP contribution in [0.25, 0.3) is 0 Å². The van der Waals surface area contributed by atoms with E-state index in [0.717, 1.165) is 29.7 Å². The number of carbonyl (C=O) groups is 1. The predicted molar refractivity (Wildman–Crippen MR) is 82.1 cm³/mol. The Morgan fingerprint density at radius 3 is 2.52 bits per heavy atom. The standard InChI is InChI=1S/C16H14ClN3O/c1-11(21)20-14-6-4-12(5-7-14)2-3-13-8-15(17)16(9-18)19-10-13/h4-8,10H,2-3H2,1H3,(H,20,21). The van der Waals surface area contributed by atoms with E-state index in [9.17, 15) is 4.79 Å². The lowest BCUT2D eigenvalue weighted by Gasteiger charge is -2.05. The lowest BCUT2D eigenvalue weighted by Crippen LogP contribution is -2.05. The maximum absolute atomic E-state index is 10.9. The number of nitrogens with one attached hydrogen (secondary N) is 1. The zero-order chi connectivity index (χ0) is 15.2. The molecule has 0 fully saturated rings. The normalized spacial score (nSPS) is 9.95. The summed E-state index contributed by atoms with van der Waals surface area (Å²) in [7, 11) is 0. The maximum Gasteiger partial charge on any atom is 0.221 e. The first-order valence-electron chi connectivity index (χ1n) is 6.49. The SMILES string of the molecule is CC(=O)Nc1ccc(CCc2cnc(C#N)c(Cl)c2)cc1. The van der Waals surface area contributed by atoms with Gasteiger partial charge in [-0.2, -0.15) is 5.26 Å². The minimum Gasteiger partial charge on any atom is -0.326 e. The van der Waals surface area contributed by atoms with Crippen LogP contribution in [-0.2, 0) is 17.6 Å². The number of pyridine rings is 1. The Labute approximate surface area is 128 Å². The van der Waals surface area contributed by atoms with Crippen LogP contribution in [0, 0.1) is 11.3 Å². The van der Waals surface area contributed by atoms with Crippen molar-refractivity contribution in [2.24, 2.45) is 0 Å². The van der Waals surface area contributed by atoms with Crippen LogP contribution in [0.3, 0.4) is 0 Å². The molecule has 0 unspecified atom stereocenters. The van der Waals surface area contributed by atoms with Crippen LogP contribution in [0.4, 0.5) is 5.69 Å². The monoisotopic (exact) mass is 299 g/mol. The van der Waals surface area contributed by atoms with Crippen molar-refractivity contribution in [3.8, 4) is 6.07 Å². The summed E-state index contributed by atoms with van der Waals surface area (Å²) < 4.78 is 0. The van der Waals surface area contributed by atoms with Gasteiger partial charge in [-0.25, -0.2) is 4.98 Å². The quantitative estimate of drug-likeness (QED) is 0.941. The molecule has 0 aliphatic heterocycles. The number of hydrogen-bond acceptors (Lipinski definition) is 3. The topological polar surface area (TPSA) is 65.8 Å². The van der Waals surface area contributed by atoms with E-state index < -0.39 is 0 Å². The van der Waals surface area contributed by atoms with E-state index >= 15 is 0 Å². The third-order valence-electron chi connectivity index (χ3n) is 2.98. The van der Waals surface area contributed by atoms with Crippen LogP contribution in [-0.4, -0.2) is 10.9 Å². The fourth-order valence-electron chi connectivity index (χ4n) is 1.94. The van der Waals surface area contributed by atoms with E-state index in [2.05, 4.69) is 10.3 Å². The average Bonchev–Trinajstić information content (AvgIpc) is 2.46. The van der Waals surface area contributed by atoms with Gasteiger partial charge in [0, 0.05) is 18.8 Å². The van der Waals surface area contributed by atoms with Gasteiger partial charge in [0.25, 0.3) is 0 Å². The molecule has 1 N–H and O–H groups in total. The van der Waals surface area contributed by atoms with Crippen molar-refractivity contribution in [2.75, 3.05) is 5.32 Å². The van der Waals surface area contributed by atoms with E-state index in [1.165, 1.54) is 6.92 Å². The van der Waals surface area contributed by atoms with Gasteiger partial charge in [0.1, 0.15) is 6.07 Å². The van der Waals surface area contributed by atoms with E-state index in [4.69, 9.17) is 16.9 Å². The Kier molecular flexibility index (Phi) is 4.91. The number of aryl methyl sites for hydroxylation is 2. The number of hydrogen-bond donors (Lipinski definition) is 1. The van der Waals surface area contributed by atoms with Crippen molar-refractivity contribution >= 4 is 23.2 Å². The Hall–Kier alpha value is -2.38. The minimum absolute atomic E-state index is 0.0824. The average molecular weight is 300 g/mol. The Morgan fingerprint density at radius 1 is 1.29 bits per heavy atom. The van der Waals surface area contributed by atoms with Crippen LogP contribution < -0.4 is 5.32 Å². The van der Waals surface area contributed by atoms with Crippen LogP contribution in [0.2, 0.25) is 5.02 Å². The number of benzene rings is 1. The molecule has 1 amide bonds. The predicted octanol–water partition coefficient (Wildman–Crippen LogP) is 3.35. The van der Waals surface area contributed by atoms with Gasteiger partial charge in [0.2, 0.25) is 5.91 Å². The van der Waals surface area contributed by atoms with E-state index in [1.54, 1.807) is 12.3 Å². The van der Waals surface area contributed by atoms with Gasteiger partial charge in [-0.1, -0.05) is 23.7 Å². The van der Waals surface area contributed by atoms with Gasteiger partial charge < -0.3 is 5.32 Å². The van der Waals surface area contributed by atoms with Gasteiger partial charge >= 0.3 is 0 Å². The second-order valence-corrected chi connectivity index (χ2v) is 5.07. The summed E-state index contributed by atoms with van der Waals surface area (Å²) in [5, 5.41) is 11.9. The molecule has 21 heavy (non-hydrogen) atoms. The highest BCUT2D eigenvalue weighted by molar-refractivity contribution is 6.31. The number of anilines is 1. The molecule has 0 saturated heterocycles. The van der Waals surface area contributed by atoms with Crippen molar-refractivity contribution in [3.05, 3.63) is 58.4 Å². The van der Waals surface area contributed by atoms with E-state index in [0.29, 0.717) is 5.02 Å². The third kappa shape index (κ3) is 4.30. The molecule has 1 heterocycles. The van der Waals surface area contributed by atoms with Crippen molar-refractivity contribution in [1.29, 1.82) is 5.26 Å². The van der Waals surface area contributed by atoms with Gasteiger partial charge in [-0.3, -0.25) is 4.79 Å². The molecule has 1 aromatic carbocycles. The molecule has 0 saturated carbocycles. The first kappa shape index (κ1) is 15.0. The number of nitrogens with zero attached hydrogens (tertiary/aromatic N) is 2. The summed E-state index contributed by atoms with van der Waals surface area (Å²) in [4.78, 5) is 15.0. The summed E-state index contributed by atoms with van der Waals surface area (Å²) >= 11 is 5.96. The number of nitriles is 1. The molecule has 0 radical (unpaired) electrons. The van der Waals surface area contributed by atoms with Crippen LogP contribution >= 0.6 is 11.6 Å². The Balaban J connectivity index is 1.98. The molecule has 1 aromatic heterocycles. The van der Waals surface area contributed by atoms with Crippen LogP contribution in [0.1, 0.15) is 23.7 Å². The molecular weight excluding hydrogens is 286 g/mol. The first-order chi connectivity index (χ1) is 10.1. The largest absolute Gasteiger partial charge is 0.326 e. The van der Waals surface area contributed by atoms with Crippen LogP contribution in [0.15, 0.2) is 36.5 Å². The summed E-state index contributed by atoms with van der Waals surface area (Å²) in [5.74, 6) is -0.0824. The summed E-state index contributed by atoms with van der Waals surface area (Å²) in [6, 6.07) is 11.4. The molecular formula is C16H14ClN3O. The number of amides is 1. The zero-order valence-corrected chi connectivity index (χ0v) is 12.3. The zero-order valence-electron chi connectivity index (χ0n) is 11.6. The van der Waals surface area contributed by atoms with Gasteiger partial charge in [-0.15, -0.1) is 0 Å². The van der Waals surface area contributed by atoms with Crippen molar-refractivity contribution in [2.45, 2.75) is 19.8 Å². The lowest BCUT2D eigenvalue weighted by molar-refractivity contribution is -0.114. The molecule has 0 spiro atoms. The highest BCUT2D eigenvalue weighted by Gasteiger charge is 2.03. The molecule has 0 bridgehead atoms. The summed E-state index contributed by atoms with van der Waals surface area (Å²) in [5.41, 5.74) is 3.18. The summed E-state index contributed by atoms with van der Waals surface area (Å²) in [6.07, 6.45) is 3.30. The van der Waals surface area contributed by atoms with Gasteiger partial charge in [-0.05, 0) is 42.2 Å². The fourth-order valence-corrected chi connectivity index (χ4v) is 2.17. The Morgan fingerprint density at radius 2 is 1.95 bits per heavy atom. The molecule has 0 aliphatic rings. The van der Waals surface area contributed by atoms with Gasteiger partial charge in [0.05, 0.1) is 5.02 Å². The maximum atomic E-state index is 10.9. The summed E-state index contributed by atoms with van der Waals surface area (Å²) in [6.45, 7) is 1.48. The van der Waals surface area contributed by atoms with E-state index in [1.807, 2.05) is 30.3 Å². The van der Waals surface area contributed by atoms with Crippen molar-refractivity contribution in [1.82, 2.24) is 4.98 Å². The van der Waals surface area contributed by atoms with Crippen molar-refractivity contribution < 1.29 is 4.79 Å². The Bertz CT molecular complexity index is 690. The molecule has 5 heteroatoms. The smallest absolute Gasteiger partial charge is 0.221 e. The molecule has 0 aliphatic carbocycles. The first-order valence-corrected chi connectivity index (χ1v) is 6.87. The highest BCUT2D eigenvalue weighted by atomic mass is 35.5. The molecule has 4 nitrogen and oxygen atoms in total. The third-order valence-corrected chi connectivity index (χ3v) is 3.27. The van der Waals surface area contributed by atoms with Crippen molar-refractivity contribution in [3.63, 3.8) is 0 Å². The highest BCUT2D eigenvalue weighted by Crippen LogP contribution is 2.16.